The summed E-state index contributed by atoms with van der Waals surface area (Å²) in [7, 11) is 0. The van der Waals surface area contributed by atoms with Gasteiger partial charge in [-0.15, -0.1) is 13.2 Å². The summed E-state index contributed by atoms with van der Waals surface area (Å²) in [6.45, 7) is 4.12. The van der Waals surface area contributed by atoms with Gasteiger partial charge in [-0.1, -0.05) is 30.3 Å². The number of halogens is 3. The fraction of sp³-hybridized carbons (Fsp3) is 0.292. The molecule has 0 unspecified atom stereocenters. The molecule has 1 heterocycles. The number of hydrogen-bond acceptors (Lipinski definition) is 3. The minimum Gasteiger partial charge on any atom is -0.406 e. The number of aryl methyl sites for hydroxylation is 1. The standard InChI is InChI=1S/C24H21F3O3/c1-15-5-3-4-6-16(15)11-17-14-29-23(2)10-9-18(28)12-22(23)21-13-19(7-8-20(17)21)30-24(25,26)27/h3-11,13,22H,12,14H2,1-2H3/b17-11+/t22-,23-/m0/s1. The van der Waals surface area contributed by atoms with Crippen molar-refractivity contribution >= 4 is 17.4 Å². The Morgan fingerprint density at radius 3 is 2.70 bits per heavy atom. The van der Waals surface area contributed by atoms with E-state index in [1.165, 1.54) is 18.2 Å². The van der Waals surface area contributed by atoms with Crippen molar-refractivity contribution in [3.05, 3.63) is 76.9 Å². The predicted molar refractivity (Wildman–Crippen MR) is 108 cm³/mol. The average molecular weight is 414 g/mol. The Labute approximate surface area is 172 Å². The van der Waals surface area contributed by atoms with Crippen LogP contribution in [0.15, 0.2) is 54.6 Å². The molecule has 1 aliphatic heterocycles. The number of carbonyl (C=O) groups is 1. The quantitative estimate of drug-likeness (QED) is 0.620. The van der Waals surface area contributed by atoms with Crippen molar-refractivity contribution < 1.29 is 27.4 Å². The summed E-state index contributed by atoms with van der Waals surface area (Å²) in [4.78, 5) is 12.1. The van der Waals surface area contributed by atoms with Gasteiger partial charge >= 0.3 is 6.36 Å². The Bertz CT molecular complexity index is 1050. The van der Waals surface area contributed by atoms with Gasteiger partial charge in [-0.05, 0) is 72.0 Å². The molecular formula is C24H21F3O3. The van der Waals surface area contributed by atoms with E-state index in [0.29, 0.717) is 5.56 Å². The van der Waals surface area contributed by atoms with Crippen molar-refractivity contribution in [1.82, 2.24) is 0 Å². The van der Waals surface area contributed by atoms with Crippen molar-refractivity contribution in [2.45, 2.75) is 38.1 Å². The Balaban J connectivity index is 1.88. The largest absolute Gasteiger partial charge is 0.573 e. The number of hydrogen-bond donors (Lipinski definition) is 0. The van der Waals surface area contributed by atoms with Gasteiger partial charge in [0.1, 0.15) is 5.75 Å². The molecule has 0 aromatic heterocycles. The Kier molecular flexibility index (Phi) is 5.06. The topological polar surface area (TPSA) is 35.5 Å². The van der Waals surface area contributed by atoms with Gasteiger partial charge < -0.3 is 9.47 Å². The zero-order chi connectivity index (χ0) is 21.5. The number of carbonyl (C=O) groups excluding carboxylic acids is 1. The molecule has 0 saturated heterocycles. The van der Waals surface area contributed by atoms with Crippen LogP contribution in [0.1, 0.15) is 41.5 Å². The summed E-state index contributed by atoms with van der Waals surface area (Å²) in [6, 6.07) is 12.2. The highest BCUT2D eigenvalue weighted by Gasteiger charge is 2.42. The van der Waals surface area contributed by atoms with Gasteiger partial charge in [0.2, 0.25) is 0 Å². The highest BCUT2D eigenvalue weighted by atomic mass is 19.4. The van der Waals surface area contributed by atoms with Gasteiger partial charge in [0.25, 0.3) is 0 Å². The van der Waals surface area contributed by atoms with Crippen LogP contribution in [0, 0.1) is 6.92 Å². The molecule has 0 N–H and O–H groups in total. The van der Waals surface area contributed by atoms with Gasteiger partial charge in [-0.2, -0.15) is 0 Å². The maximum Gasteiger partial charge on any atom is 0.573 e. The third kappa shape index (κ3) is 4.05. The van der Waals surface area contributed by atoms with E-state index in [0.717, 1.165) is 22.3 Å². The first-order valence-electron chi connectivity index (χ1n) is 9.67. The van der Waals surface area contributed by atoms with Crippen LogP contribution < -0.4 is 4.74 Å². The summed E-state index contributed by atoms with van der Waals surface area (Å²) in [5, 5.41) is 0. The van der Waals surface area contributed by atoms with Crippen LogP contribution in [0.2, 0.25) is 0 Å². The molecular weight excluding hydrogens is 393 g/mol. The number of fused-ring (bicyclic) bond motifs is 3. The third-order valence-electron chi connectivity index (χ3n) is 5.73. The van der Waals surface area contributed by atoms with Gasteiger partial charge in [0.15, 0.2) is 5.78 Å². The summed E-state index contributed by atoms with van der Waals surface area (Å²) in [5.74, 6) is -0.798. The second-order valence-corrected chi connectivity index (χ2v) is 7.85. The molecule has 2 aromatic carbocycles. The molecule has 4 rings (SSSR count). The molecule has 6 heteroatoms. The lowest BCUT2D eigenvalue weighted by molar-refractivity contribution is -0.274. The van der Waals surface area contributed by atoms with E-state index in [2.05, 4.69) is 4.74 Å². The van der Waals surface area contributed by atoms with Gasteiger partial charge in [-0.25, -0.2) is 0 Å². The van der Waals surface area contributed by atoms with Gasteiger partial charge in [0.05, 0.1) is 12.2 Å². The maximum absolute atomic E-state index is 12.8. The third-order valence-corrected chi connectivity index (χ3v) is 5.73. The normalized spacial score (nSPS) is 24.9. The van der Waals surface area contributed by atoms with Crippen LogP contribution in [0.3, 0.4) is 0 Å². The lowest BCUT2D eigenvalue weighted by Crippen LogP contribution is -2.37. The van der Waals surface area contributed by atoms with E-state index in [-0.39, 0.29) is 24.6 Å². The lowest BCUT2D eigenvalue weighted by Gasteiger charge is -2.36. The Hall–Kier alpha value is -2.86. The van der Waals surface area contributed by atoms with Crippen molar-refractivity contribution in [3.8, 4) is 5.75 Å². The zero-order valence-electron chi connectivity index (χ0n) is 16.6. The smallest absolute Gasteiger partial charge is 0.406 e. The van der Waals surface area contributed by atoms with E-state index in [4.69, 9.17) is 4.74 Å². The second-order valence-electron chi connectivity index (χ2n) is 7.85. The first kappa shape index (κ1) is 20.4. The first-order chi connectivity index (χ1) is 14.1. The SMILES string of the molecule is Cc1ccccc1/C=C1\CO[C@@]2(C)C=CC(=O)C[C@H]2c2cc(OC(F)(F)F)ccc21. The van der Waals surface area contributed by atoms with Crippen LogP contribution >= 0.6 is 0 Å². The average Bonchev–Trinajstić information content (AvgIpc) is 2.78. The van der Waals surface area contributed by atoms with Crippen LogP contribution in [0.4, 0.5) is 13.2 Å². The molecule has 156 valence electrons. The van der Waals surface area contributed by atoms with Gasteiger partial charge in [-0.3, -0.25) is 4.79 Å². The molecule has 0 saturated carbocycles. The molecule has 2 atom stereocenters. The highest BCUT2D eigenvalue weighted by Crippen LogP contribution is 2.46. The number of allylic oxidation sites excluding steroid dienone is 1. The molecule has 0 spiro atoms. The summed E-state index contributed by atoms with van der Waals surface area (Å²) >= 11 is 0. The number of benzene rings is 2. The molecule has 1 aliphatic carbocycles. The van der Waals surface area contributed by atoms with E-state index in [1.54, 1.807) is 12.1 Å². The molecule has 2 aromatic rings. The molecule has 0 bridgehead atoms. The molecule has 0 radical (unpaired) electrons. The minimum atomic E-state index is -4.79. The van der Waals surface area contributed by atoms with E-state index in [1.807, 2.05) is 44.2 Å². The Morgan fingerprint density at radius 1 is 1.20 bits per heavy atom. The molecule has 0 amide bonds. The fourth-order valence-electron chi connectivity index (χ4n) is 4.10. The van der Waals surface area contributed by atoms with Crippen molar-refractivity contribution in [1.29, 1.82) is 0 Å². The number of ether oxygens (including phenoxy) is 2. The van der Waals surface area contributed by atoms with E-state index >= 15 is 0 Å². The second kappa shape index (κ2) is 7.43. The molecule has 30 heavy (non-hydrogen) atoms. The Morgan fingerprint density at radius 2 is 1.97 bits per heavy atom. The monoisotopic (exact) mass is 414 g/mol. The molecule has 3 nitrogen and oxygen atoms in total. The minimum absolute atomic E-state index is 0.0829. The summed E-state index contributed by atoms with van der Waals surface area (Å²) in [5.41, 5.74) is 3.50. The number of alkyl halides is 3. The van der Waals surface area contributed by atoms with Crippen molar-refractivity contribution in [3.63, 3.8) is 0 Å². The summed E-state index contributed by atoms with van der Waals surface area (Å²) < 4.78 is 48.8. The zero-order valence-corrected chi connectivity index (χ0v) is 16.6. The van der Waals surface area contributed by atoms with Crippen molar-refractivity contribution in [2.24, 2.45) is 0 Å². The van der Waals surface area contributed by atoms with Crippen LogP contribution in [-0.4, -0.2) is 24.4 Å². The van der Waals surface area contributed by atoms with Crippen LogP contribution in [-0.2, 0) is 9.53 Å². The maximum atomic E-state index is 12.8. The van der Waals surface area contributed by atoms with Crippen LogP contribution in [0.25, 0.3) is 11.6 Å². The van der Waals surface area contributed by atoms with E-state index in [9.17, 15) is 18.0 Å². The van der Waals surface area contributed by atoms with Crippen LogP contribution in [0.5, 0.6) is 5.75 Å². The fourth-order valence-corrected chi connectivity index (χ4v) is 4.10. The number of rotatable bonds is 2. The lowest BCUT2D eigenvalue weighted by atomic mass is 9.75. The highest BCUT2D eigenvalue weighted by molar-refractivity contribution is 5.93. The van der Waals surface area contributed by atoms with Crippen molar-refractivity contribution in [2.75, 3.05) is 6.61 Å². The molecule has 0 fully saturated rings. The first-order valence-corrected chi connectivity index (χ1v) is 9.67. The number of ketones is 1. The molecule has 2 aliphatic rings. The van der Waals surface area contributed by atoms with Gasteiger partial charge in [0, 0.05) is 12.3 Å². The predicted octanol–water partition coefficient (Wildman–Crippen LogP) is 5.84. The van der Waals surface area contributed by atoms with E-state index < -0.39 is 17.9 Å². The summed E-state index contributed by atoms with van der Waals surface area (Å²) in [6.07, 6.45) is 0.558.